The average molecular weight is 231 g/mol. The zero-order chi connectivity index (χ0) is 12.5. The van der Waals surface area contributed by atoms with Crippen molar-refractivity contribution in [3.63, 3.8) is 0 Å². The highest BCUT2D eigenvalue weighted by Crippen LogP contribution is 2.34. The third kappa shape index (κ3) is 2.35. The van der Waals surface area contributed by atoms with Gasteiger partial charge in [-0.05, 0) is 31.0 Å². The molecule has 0 saturated carbocycles. The summed E-state index contributed by atoms with van der Waals surface area (Å²) in [5, 5.41) is 0. The van der Waals surface area contributed by atoms with Gasteiger partial charge in [0.15, 0.2) is 0 Å². The Kier molecular flexibility index (Phi) is 3.26. The second-order valence-electron chi connectivity index (χ2n) is 3.64. The molecule has 0 saturated heterocycles. The Hall–Kier alpha value is -1.52. The molecule has 5 heteroatoms. The molecule has 0 spiro atoms. The molecule has 1 amide bonds. The van der Waals surface area contributed by atoms with Crippen molar-refractivity contribution >= 4 is 5.91 Å². The first-order chi connectivity index (χ1) is 7.25. The van der Waals surface area contributed by atoms with Gasteiger partial charge in [0.2, 0.25) is 5.91 Å². The predicted molar refractivity (Wildman–Crippen MR) is 53.8 cm³/mol. The van der Waals surface area contributed by atoms with Gasteiger partial charge in [0.25, 0.3) is 0 Å². The molecule has 1 aromatic rings. The number of halogens is 3. The minimum absolute atomic E-state index is 0.0568. The lowest BCUT2D eigenvalue weighted by molar-refractivity contribution is -0.138. The largest absolute Gasteiger partial charge is 0.416 e. The number of rotatable bonds is 2. The minimum Gasteiger partial charge on any atom is -0.369 e. The molecule has 0 aromatic heterocycles. The van der Waals surface area contributed by atoms with Crippen molar-refractivity contribution in [3.8, 4) is 0 Å². The summed E-state index contributed by atoms with van der Waals surface area (Å²) in [7, 11) is 0. The van der Waals surface area contributed by atoms with Gasteiger partial charge in [-0.3, -0.25) is 4.79 Å². The molecule has 1 rings (SSSR count). The van der Waals surface area contributed by atoms with Gasteiger partial charge in [-0.2, -0.15) is 13.2 Å². The highest BCUT2D eigenvalue weighted by atomic mass is 19.4. The summed E-state index contributed by atoms with van der Waals surface area (Å²) >= 11 is 0. The smallest absolute Gasteiger partial charge is 0.369 e. The Morgan fingerprint density at radius 2 is 1.94 bits per heavy atom. The van der Waals surface area contributed by atoms with Crippen LogP contribution in [0, 0.1) is 6.92 Å². The van der Waals surface area contributed by atoms with Gasteiger partial charge >= 0.3 is 6.18 Å². The number of hydrogen-bond acceptors (Lipinski definition) is 1. The zero-order valence-corrected chi connectivity index (χ0v) is 8.93. The molecule has 2 nitrogen and oxygen atoms in total. The predicted octanol–water partition coefficient (Wildman–Crippen LogP) is 2.60. The van der Waals surface area contributed by atoms with Gasteiger partial charge < -0.3 is 5.73 Å². The average Bonchev–Trinajstić information content (AvgIpc) is 2.15. The molecule has 1 unspecified atom stereocenters. The van der Waals surface area contributed by atoms with Gasteiger partial charge in [0, 0.05) is 0 Å². The standard InChI is InChI=1S/C11H12F3NO/c1-6-8(7(2)10(15)16)4-3-5-9(6)11(12,13)14/h3-5,7H,1-2H3,(H2,15,16). The third-order valence-corrected chi connectivity index (χ3v) is 2.57. The molecule has 1 aromatic carbocycles. The van der Waals surface area contributed by atoms with Crippen LogP contribution in [0.15, 0.2) is 18.2 Å². The summed E-state index contributed by atoms with van der Waals surface area (Å²) < 4.78 is 37.7. The van der Waals surface area contributed by atoms with E-state index in [9.17, 15) is 18.0 Å². The monoisotopic (exact) mass is 231 g/mol. The number of benzene rings is 1. The fraction of sp³-hybridized carbons (Fsp3) is 0.364. The lowest BCUT2D eigenvalue weighted by atomic mass is 9.92. The van der Waals surface area contributed by atoms with Crippen molar-refractivity contribution in [2.24, 2.45) is 5.73 Å². The van der Waals surface area contributed by atoms with Crippen molar-refractivity contribution in [2.75, 3.05) is 0 Å². The Labute approximate surface area is 91.3 Å². The van der Waals surface area contributed by atoms with E-state index in [1.165, 1.54) is 26.0 Å². The summed E-state index contributed by atoms with van der Waals surface area (Å²) in [5.74, 6) is -1.36. The van der Waals surface area contributed by atoms with E-state index >= 15 is 0 Å². The number of nitrogens with two attached hydrogens (primary N) is 1. The number of primary amides is 1. The maximum Gasteiger partial charge on any atom is 0.416 e. The van der Waals surface area contributed by atoms with E-state index in [-0.39, 0.29) is 5.56 Å². The maximum absolute atomic E-state index is 12.6. The van der Waals surface area contributed by atoms with E-state index in [1.54, 1.807) is 0 Å². The quantitative estimate of drug-likeness (QED) is 0.835. The third-order valence-electron chi connectivity index (χ3n) is 2.57. The number of carbonyl (C=O) groups excluding carboxylic acids is 1. The zero-order valence-electron chi connectivity index (χ0n) is 8.93. The van der Waals surface area contributed by atoms with Crippen LogP contribution in [-0.2, 0) is 11.0 Å². The summed E-state index contributed by atoms with van der Waals surface area (Å²) in [5.41, 5.74) is 4.73. The van der Waals surface area contributed by atoms with Crippen LogP contribution in [0.3, 0.4) is 0 Å². The molecule has 88 valence electrons. The van der Waals surface area contributed by atoms with Crippen molar-refractivity contribution < 1.29 is 18.0 Å². The summed E-state index contributed by atoms with van der Waals surface area (Å²) in [6.45, 7) is 2.84. The topological polar surface area (TPSA) is 43.1 Å². The van der Waals surface area contributed by atoms with E-state index < -0.39 is 23.6 Å². The fourth-order valence-electron chi connectivity index (χ4n) is 1.58. The number of alkyl halides is 3. The van der Waals surface area contributed by atoms with Crippen LogP contribution in [0.25, 0.3) is 0 Å². The van der Waals surface area contributed by atoms with Gasteiger partial charge in [0.1, 0.15) is 0 Å². The van der Waals surface area contributed by atoms with Gasteiger partial charge in [-0.15, -0.1) is 0 Å². The molecule has 1 atom stereocenters. The first-order valence-corrected chi connectivity index (χ1v) is 4.71. The SMILES string of the molecule is Cc1c(C(C)C(N)=O)cccc1C(F)(F)F. The molecule has 0 radical (unpaired) electrons. The maximum atomic E-state index is 12.6. The second-order valence-corrected chi connectivity index (χ2v) is 3.64. The highest BCUT2D eigenvalue weighted by Gasteiger charge is 2.33. The first-order valence-electron chi connectivity index (χ1n) is 4.71. The molecule has 0 aliphatic heterocycles. The summed E-state index contributed by atoms with van der Waals surface area (Å²) in [6.07, 6.45) is -4.41. The minimum atomic E-state index is -4.41. The molecular weight excluding hydrogens is 219 g/mol. The molecule has 0 bridgehead atoms. The Balaban J connectivity index is 3.30. The van der Waals surface area contributed by atoms with Gasteiger partial charge in [-0.1, -0.05) is 12.1 Å². The fourth-order valence-corrected chi connectivity index (χ4v) is 1.58. The van der Waals surface area contributed by atoms with Crippen LogP contribution in [0.4, 0.5) is 13.2 Å². The number of carbonyl (C=O) groups is 1. The molecule has 0 aliphatic carbocycles. The normalized spacial score (nSPS) is 13.6. The molecule has 0 fully saturated rings. The Bertz CT molecular complexity index is 412. The van der Waals surface area contributed by atoms with Crippen molar-refractivity contribution in [2.45, 2.75) is 25.9 Å². The summed E-state index contributed by atoms with van der Waals surface area (Å²) in [4.78, 5) is 11.0. The number of hydrogen-bond donors (Lipinski definition) is 1. The molecule has 16 heavy (non-hydrogen) atoms. The molecule has 2 N–H and O–H groups in total. The van der Waals surface area contributed by atoms with Crippen LogP contribution in [0.5, 0.6) is 0 Å². The van der Waals surface area contributed by atoms with E-state index in [0.717, 1.165) is 6.07 Å². The van der Waals surface area contributed by atoms with Crippen LogP contribution in [0.2, 0.25) is 0 Å². The lowest BCUT2D eigenvalue weighted by Crippen LogP contribution is -2.20. The molecule has 0 aliphatic rings. The van der Waals surface area contributed by atoms with Crippen molar-refractivity contribution in [1.29, 1.82) is 0 Å². The van der Waals surface area contributed by atoms with Gasteiger partial charge in [0.05, 0.1) is 11.5 Å². The van der Waals surface area contributed by atoms with Crippen LogP contribution >= 0.6 is 0 Å². The van der Waals surface area contributed by atoms with Gasteiger partial charge in [-0.25, -0.2) is 0 Å². The van der Waals surface area contributed by atoms with Crippen LogP contribution in [0.1, 0.15) is 29.5 Å². The van der Waals surface area contributed by atoms with E-state index in [4.69, 9.17) is 5.73 Å². The first kappa shape index (κ1) is 12.5. The molecular formula is C11H12F3NO. The van der Waals surface area contributed by atoms with E-state index in [0.29, 0.717) is 5.56 Å². The van der Waals surface area contributed by atoms with E-state index in [2.05, 4.69) is 0 Å². The Morgan fingerprint density at radius 1 is 1.38 bits per heavy atom. The highest BCUT2D eigenvalue weighted by molar-refractivity contribution is 5.82. The Morgan fingerprint density at radius 3 is 2.38 bits per heavy atom. The van der Waals surface area contributed by atoms with Crippen LogP contribution < -0.4 is 5.73 Å². The van der Waals surface area contributed by atoms with Crippen molar-refractivity contribution in [3.05, 3.63) is 34.9 Å². The van der Waals surface area contributed by atoms with E-state index in [1.807, 2.05) is 0 Å². The number of amides is 1. The molecule has 0 heterocycles. The summed E-state index contributed by atoms with van der Waals surface area (Å²) in [6, 6.07) is 3.76. The van der Waals surface area contributed by atoms with Crippen molar-refractivity contribution in [1.82, 2.24) is 0 Å². The van der Waals surface area contributed by atoms with Crippen LogP contribution in [-0.4, -0.2) is 5.91 Å². The lowest BCUT2D eigenvalue weighted by Gasteiger charge is -2.16. The second kappa shape index (κ2) is 4.15.